The molecule has 1 rings (SSSR count). The van der Waals surface area contributed by atoms with Crippen LogP contribution in [0, 0.1) is 2.88 Å². The fraction of sp³-hybridized carbons (Fsp3) is 0.667. The molecule has 1 aromatic rings. The van der Waals surface area contributed by atoms with E-state index in [4.69, 9.17) is 0 Å². The molecule has 0 aliphatic carbocycles. The summed E-state index contributed by atoms with van der Waals surface area (Å²) in [6.45, 7) is 11.8. The Bertz CT molecular complexity index is 324. The molecule has 0 amide bonds. The summed E-state index contributed by atoms with van der Waals surface area (Å²) >= 11 is 7.67. The van der Waals surface area contributed by atoms with Gasteiger partial charge in [-0.3, -0.25) is 0 Å². The van der Waals surface area contributed by atoms with Crippen LogP contribution in [0.4, 0.5) is 0 Å². The molecule has 0 aliphatic rings. The van der Waals surface area contributed by atoms with Gasteiger partial charge in [-0.05, 0) is 43.6 Å². The fourth-order valence-electron chi connectivity index (χ4n) is 0.871. The van der Waals surface area contributed by atoms with Crippen molar-refractivity contribution in [3.05, 3.63) is 7.49 Å². The first-order valence-electron chi connectivity index (χ1n) is 4.48. The molecular formula is C9H15BrINSSi. The van der Waals surface area contributed by atoms with Crippen LogP contribution in [-0.4, -0.2) is 13.1 Å². The Labute approximate surface area is 113 Å². The van der Waals surface area contributed by atoms with Gasteiger partial charge in [0, 0.05) is 0 Å². The second kappa shape index (κ2) is 4.14. The second-order valence-corrected chi connectivity index (χ2v) is 14.1. The van der Waals surface area contributed by atoms with Gasteiger partial charge < -0.3 is 0 Å². The van der Waals surface area contributed by atoms with Crippen LogP contribution in [0.2, 0.25) is 18.1 Å². The molecular weight excluding hydrogens is 389 g/mol. The van der Waals surface area contributed by atoms with Gasteiger partial charge >= 0.3 is 0 Å². The molecule has 0 bridgehead atoms. The molecule has 0 N–H and O–H groups in total. The van der Waals surface area contributed by atoms with Gasteiger partial charge in [0.05, 0.1) is 7.51 Å². The van der Waals surface area contributed by atoms with E-state index in [1.165, 1.54) is 7.51 Å². The zero-order chi connectivity index (χ0) is 11.1. The summed E-state index contributed by atoms with van der Waals surface area (Å²) in [4.78, 5) is 4.64. The topological polar surface area (TPSA) is 12.9 Å². The summed E-state index contributed by atoms with van der Waals surface area (Å²) in [6.07, 6.45) is 0. The molecule has 5 heteroatoms. The predicted molar refractivity (Wildman–Crippen MR) is 79.4 cm³/mol. The number of nitrogens with zero attached hydrogens (tertiary/aromatic N) is 1. The number of halogens is 2. The quantitative estimate of drug-likeness (QED) is 0.505. The van der Waals surface area contributed by atoms with Gasteiger partial charge in [0.15, 0.2) is 0 Å². The lowest BCUT2D eigenvalue weighted by molar-refractivity contribution is 0.729. The van der Waals surface area contributed by atoms with Gasteiger partial charge in [-0.15, -0.1) is 11.3 Å². The standard InChI is InChI=1S/C9H15BrINSSi/c1-9(2,3)14(4,5)8-12-6(10)7(11)13-8/h1-5H3. The van der Waals surface area contributed by atoms with Crippen LogP contribution in [0.3, 0.4) is 0 Å². The molecule has 0 saturated carbocycles. The van der Waals surface area contributed by atoms with Crippen LogP contribution >= 0.6 is 49.9 Å². The van der Waals surface area contributed by atoms with Crippen molar-refractivity contribution in [2.45, 2.75) is 38.9 Å². The lowest BCUT2D eigenvalue weighted by Crippen LogP contribution is -2.49. The van der Waals surface area contributed by atoms with Gasteiger partial charge in [-0.25, -0.2) is 4.98 Å². The minimum atomic E-state index is -1.42. The third-order valence-corrected chi connectivity index (χ3v) is 13.1. The smallest absolute Gasteiger partial charge is 0.130 e. The van der Waals surface area contributed by atoms with Crippen molar-refractivity contribution in [1.29, 1.82) is 0 Å². The lowest BCUT2D eigenvalue weighted by atomic mass is 10.2. The SMILES string of the molecule is CC(C)(C)[Si](C)(C)c1nc(Br)c(I)s1. The maximum absolute atomic E-state index is 4.64. The zero-order valence-corrected chi connectivity index (χ0v) is 14.7. The Morgan fingerprint density at radius 2 is 1.86 bits per heavy atom. The van der Waals surface area contributed by atoms with E-state index < -0.39 is 8.07 Å². The number of aromatic nitrogens is 1. The molecule has 0 atom stereocenters. The number of hydrogen-bond acceptors (Lipinski definition) is 2. The van der Waals surface area contributed by atoms with E-state index in [1.807, 2.05) is 11.3 Å². The molecule has 1 aromatic heterocycles. The van der Waals surface area contributed by atoms with E-state index >= 15 is 0 Å². The van der Waals surface area contributed by atoms with Crippen molar-refractivity contribution in [3.8, 4) is 0 Å². The number of hydrogen-bond donors (Lipinski definition) is 0. The van der Waals surface area contributed by atoms with Crippen molar-refractivity contribution in [1.82, 2.24) is 4.98 Å². The Hall–Kier alpha value is 1.06. The monoisotopic (exact) mass is 403 g/mol. The summed E-state index contributed by atoms with van der Waals surface area (Å²) in [6, 6.07) is 0. The van der Waals surface area contributed by atoms with E-state index in [1.54, 1.807) is 0 Å². The Balaban J connectivity index is 3.16. The van der Waals surface area contributed by atoms with Gasteiger partial charge in [0.1, 0.15) is 12.7 Å². The maximum Gasteiger partial charge on any atom is 0.130 e. The summed E-state index contributed by atoms with van der Waals surface area (Å²) in [5.41, 5.74) is 0. The summed E-state index contributed by atoms with van der Waals surface area (Å²) in [5.74, 6) is 0. The van der Waals surface area contributed by atoms with E-state index in [0.717, 1.165) is 4.60 Å². The first kappa shape index (κ1) is 13.1. The molecule has 0 aliphatic heterocycles. The first-order chi connectivity index (χ1) is 6.16. The van der Waals surface area contributed by atoms with E-state index in [9.17, 15) is 0 Å². The molecule has 1 nitrogen and oxygen atoms in total. The van der Waals surface area contributed by atoms with E-state index in [2.05, 4.69) is 77.4 Å². The van der Waals surface area contributed by atoms with Gasteiger partial charge in [0.25, 0.3) is 0 Å². The number of rotatable bonds is 1. The van der Waals surface area contributed by atoms with Crippen LogP contribution in [0.25, 0.3) is 0 Å². The highest BCUT2D eigenvalue weighted by molar-refractivity contribution is 14.1. The van der Waals surface area contributed by atoms with Crippen molar-refractivity contribution in [3.63, 3.8) is 0 Å². The van der Waals surface area contributed by atoms with Crippen molar-refractivity contribution in [2.24, 2.45) is 0 Å². The summed E-state index contributed by atoms with van der Waals surface area (Å²) in [7, 11) is -1.42. The molecule has 0 saturated heterocycles. The first-order valence-corrected chi connectivity index (χ1v) is 10.2. The summed E-state index contributed by atoms with van der Waals surface area (Å²) < 4.78 is 3.63. The number of thiazole rings is 1. The summed E-state index contributed by atoms with van der Waals surface area (Å²) in [5, 5.41) is 0.368. The van der Waals surface area contributed by atoms with Crippen molar-refractivity contribution < 1.29 is 0 Å². The third-order valence-electron chi connectivity index (χ3n) is 2.96. The Morgan fingerprint density at radius 3 is 2.14 bits per heavy atom. The molecule has 80 valence electrons. The molecule has 0 radical (unpaired) electrons. The van der Waals surface area contributed by atoms with Gasteiger partial charge in [-0.1, -0.05) is 33.9 Å². The van der Waals surface area contributed by atoms with E-state index in [-0.39, 0.29) is 0 Å². The molecule has 0 spiro atoms. The fourth-order valence-corrected chi connectivity index (χ4v) is 6.66. The Morgan fingerprint density at radius 1 is 1.36 bits per heavy atom. The van der Waals surface area contributed by atoms with Crippen LogP contribution in [0.5, 0.6) is 0 Å². The van der Waals surface area contributed by atoms with E-state index in [0.29, 0.717) is 5.04 Å². The highest BCUT2D eigenvalue weighted by atomic mass is 127. The van der Waals surface area contributed by atoms with Crippen LogP contribution in [0.15, 0.2) is 4.60 Å². The van der Waals surface area contributed by atoms with Gasteiger partial charge in [-0.2, -0.15) is 0 Å². The average molecular weight is 404 g/mol. The molecule has 0 unspecified atom stereocenters. The lowest BCUT2D eigenvalue weighted by Gasteiger charge is -2.34. The normalized spacial score (nSPS) is 13.4. The maximum atomic E-state index is 4.64. The average Bonchev–Trinajstić information content (AvgIpc) is 2.30. The van der Waals surface area contributed by atoms with Gasteiger partial charge in [0.2, 0.25) is 0 Å². The largest absolute Gasteiger partial charge is 0.238 e. The second-order valence-electron chi connectivity index (χ2n) is 4.96. The Kier molecular flexibility index (Phi) is 3.88. The van der Waals surface area contributed by atoms with Crippen molar-refractivity contribution >= 4 is 62.6 Å². The van der Waals surface area contributed by atoms with Crippen LogP contribution in [-0.2, 0) is 0 Å². The molecule has 14 heavy (non-hydrogen) atoms. The molecule has 0 fully saturated rings. The highest BCUT2D eigenvalue weighted by Crippen LogP contribution is 2.37. The molecule has 1 heterocycles. The van der Waals surface area contributed by atoms with Crippen LogP contribution < -0.4 is 4.63 Å². The van der Waals surface area contributed by atoms with Crippen LogP contribution in [0.1, 0.15) is 20.8 Å². The predicted octanol–water partition coefficient (Wildman–Crippen LogP) is 4.23. The highest BCUT2D eigenvalue weighted by Gasteiger charge is 2.39. The minimum absolute atomic E-state index is 0.368. The molecule has 0 aromatic carbocycles. The third kappa shape index (κ3) is 2.41. The van der Waals surface area contributed by atoms with Crippen molar-refractivity contribution in [2.75, 3.05) is 0 Å². The zero-order valence-electron chi connectivity index (χ0n) is 9.11. The minimum Gasteiger partial charge on any atom is -0.238 e.